The van der Waals surface area contributed by atoms with Crippen LogP contribution in [0, 0.1) is 11.8 Å². The van der Waals surface area contributed by atoms with Crippen molar-refractivity contribution in [2.75, 3.05) is 0 Å². The van der Waals surface area contributed by atoms with Gasteiger partial charge in [0, 0.05) is 22.1 Å². The van der Waals surface area contributed by atoms with Crippen molar-refractivity contribution < 1.29 is 0 Å². The highest BCUT2D eigenvalue weighted by Crippen LogP contribution is 2.28. The van der Waals surface area contributed by atoms with Crippen molar-refractivity contribution in [3.63, 3.8) is 0 Å². The van der Waals surface area contributed by atoms with Gasteiger partial charge in [0.15, 0.2) is 0 Å². The molecule has 0 aliphatic carbocycles. The predicted octanol–water partition coefficient (Wildman–Crippen LogP) is 4.85. The van der Waals surface area contributed by atoms with Gasteiger partial charge in [0.2, 0.25) is 0 Å². The number of hydrogen-bond donors (Lipinski definition) is 0. The summed E-state index contributed by atoms with van der Waals surface area (Å²) in [5, 5.41) is 3.15. The molecule has 0 N–H and O–H groups in total. The van der Waals surface area contributed by atoms with Gasteiger partial charge in [0.05, 0.1) is 5.69 Å². The number of nitrogens with zero attached hydrogens (tertiary/aromatic N) is 1. The molecular formula is C18H13NS. The molecule has 0 aliphatic rings. The maximum Gasteiger partial charge on any atom is 0.124 e. The van der Waals surface area contributed by atoms with Gasteiger partial charge in [-0.1, -0.05) is 48.4 Å². The number of benzene rings is 2. The van der Waals surface area contributed by atoms with Crippen molar-refractivity contribution in [3.05, 3.63) is 65.5 Å². The zero-order valence-corrected chi connectivity index (χ0v) is 11.9. The summed E-state index contributed by atoms with van der Waals surface area (Å²) in [6.45, 7) is 1.85. The molecule has 0 aliphatic heterocycles. The summed E-state index contributed by atoms with van der Waals surface area (Å²) >= 11 is 1.67. The monoisotopic (exact) mass is 275 g/mol. The summed E-state index contributed by atoms with van der Waals surface area (Å²) in [4.78, 5) is 4.71. The summed E-state index contributed by atoms with van der Waals surface area (Å²) in [7, 11) is 0. The molecule has 0 saturated heterocycles. The largest absolute Gasteiger partial charge is 0.236 e. The van der Waals surface area contributed by atoms with Crippen LogP contribution in [0.3, 0.4) is 0 Å². The first kappa shape index (κ1) is 12.7. The molecule has 0 amide bonds. The van der Waals surface area contributed by atoms with Crippen LogP contribution in [0.1, 0.15) is 12.5 Å². The average Bonchev–Trinajstić information content (AvgIpc) is 2.99. The molecule has 2 heteroatoms. The molecule has 20 heavy (non-hydrogen) atoms. The van der Waals surface area contributed by atoms with E-state index in [4.69, 9.17) is 4.98 Å². The minimum absolute atomic E-state index is 1.02. The van der Waals surface area contributed by atoms with E-state index in [2.05, 4.69) is 41.5 Å². The van der Waals surface area contributed by atoms with Gasteiger partial charge in [-0.25, -0.2) is 4.98 Å². The van der Waals surface area contributed by atoms with E-state index >= 15 is 0 Å². The Morgan fingerprint density at radius 2 is 1.65 bits per heavy atom. The van der Waals surface area contributed by atoms with Gasteiger partial charge in [-0.05, 0) is 19.1 Å². The van der Waals surface area contributed by atoms with Crippen molar-refractivity contribution >= 4 is 11.3 Å². The van der Waals surface area contributed by atoms with E-state index in [0.717, 1.165) is 27.4 Å². The third kappa shape index (κ3) is 2.64. The Morgan fingerprint density at radius 3 is 2.35 bits per heavy atom. The maximum atomic E-state index is 4.71. The summed E-state index contributed by atoms with van der Waals surface area (Å²) in [6.07, 6.45) is 0. The molecule has 1 heterocycles. The molecule has 0 spiro atoms. The lowest BCUT2D eigenvalue weighted by Gasteiger charge is -1.97. The van der Waals surface area contributed by atoms with Crippen molar-refractivity contribution in [1.29, 1.82) is 0 Å². The van der Waals surface area contributed by atoms with E-state index in [-0.39, 0.29) is 0 Å². The van der Waals surface area contributed by atoms with E-state index in [1.54, 1.807) is 11.3 Å². The molecule has 0 atom stereocenters. The van der Waals surface area contributed by atoms with Gasteiger partial charge >= 0.3 is 0 Å². The third-order valence-corrected chi connectivity index (χ3v) is 3.87. The van der Waals surface area contributed by atoms with Crippen LogP contribution >= 0.6 is 11.3 Å². The third-order valence-electron chi connectivity index (χ3n) is 2.97. The van der Waals surface area contributed by atoms with Crippen LogP contribution in [0.15, 0.2) is 60.0 Å². The van der Waals surface area contributed by atoms with E-state index in [1.807, 2.05) is 37.3 Å². The topological polar surface area (TPSA) is 12.9 Å². The van der Waals surface area contributed by atoms with Crippen molar-refractivity contribution in [1.82, 2.24) is 4.98 Å². The number of rotatable bonds is 2. The van der Waals surface area contributed by atoms with Crippen LogP contribution in [0.4, 0.5) is 0 Å². The minimum atomic E-state index is 1.02. The van der Waals surface area contributed by atoms with E-state index < -0.39 is 0 Å². The lowest BCUT2D eigenvalue weighted by atomic mass is 10.1. The Hall–Kier alpha value is -2.37. The van der Waals surface area contributed by atoms with Gasteiger partial charge in [0.1, 0.15) is 5.01 Å². The van der Waals surface area contributed by atoms with Crippen LogP contribution in [-0.2, 0) is 0 Å². The molecule has 3 rings (SSSR count). The molecule has 0 fully saturated rings. The lowest BCUT2D eigenvalue weighted by Crippen LogP contribution is -1.80. The van der Waals surface area contributed by atoms with E-state index in [0.29, 0.717) is 0 Å². The van der Waals surface area contributed by atoms with E-state index in [1.165, 1.54) is 0 Å². The van der Waals surface area contributed by atoms with Crippen LogP contribution in [0.5, 0.6) is 0 Å². The van der Waals surface area contributed by atoms with Gasteiger partial charge in [0.25, 0.3) is 0 Å². The standard InChI is InChI=1S/C18H13NS/c1-2-6-14-9-11-15(12-10-14)17-13-20-18(19-17)16-7-4-3-5-8-16/h3-5,7-13H,1H3. The van der Waals surface area contributed by atoms with Crippen LogP contribution in [-0.4, -0.2) is 4.98 Å². The molecule has 0 saturated carbocycles. The highest BCUT2D eigenvalue weighted by molar-refractivity contribution is 7.13. The molecule has 96 valence electrons. The van der Waals surface area contributed by atoms with Crippen LogP contribution in [0.2, 0.25) is 0 Å². The fraction of sp³-hybridized carbons (Fsp3) is 0.0556. The second-order valence-corrected chi connectivity index (χ2v) is 5.21. The summed E-state index contributed by atoms with van der Waals surface area (Å²) < 4.78 is 0. The first-order valence-corrected chi connectivity index (χ1v) is 7.29. The number of hydrogen-bond acceptors (Lipinski definition) is 2. The Labute approximate surface area is 122 Å². The maximum absolute atomic E-state index is 4.71. The average molecular weight is 275 g/mol. The summed E-state index contributed by atoms with van der Waals surface area (Å²) in [6, 6.07) is 18.5. The van der Waals surface area contributed by atoms with Crippen LogP contribution in [0.25, 0.3) is 21.8 Å². The number of thiazole rings is 1. The second kappa shape index (κ2) is 5.73. The normalized spacial score (nSPS) is 9.85. The second-order valence-electron chi connectivity index (χ2n) is 4.36. The molecule has 3 aromatic rings. The Balaban J connectivity index is 1.91. The quantitative estimate of drug-likeness (QED) is 0.609. The van der Waals surface area contributed by atoms with Gasteiger partial charge in [-0.15, -0.1) is 17.3 Å². The van der Waals surface area contributed by atoms with Gasteiger partial charge in [-0.3, -0.25) is 0 Å². The zero-order chi connectivity index (χ0) is 13.8. The Morgan fingerprint density at radius 1 is 0.900 bits per heavy atom. The first-order chi connectivity index (χ1) is 9.86. The molecule has 0 radical (unpaired) electrons. The summed E-state index contributed by atoms with van der Waals surface area (Å²) in [5.41, 5.74) is 4.35. The molecule has 0 unspecified atom stereocenters. The highest BCUT2D eigenvalue weighted by atomic mass is 32.1. The van der Waals surface area contributed by atoms with Crippen molar-refractivity contribution in [2.45, 2.75) is 6.92 Å². The highest BCUT2D eigenvalue weighted by Gasteiger charge is 2.05. The first-order valence-electron chi connectivity index (χ1n) is 6.41. The molecule has 1 nitrogen and oxygen atoms in total. The summed E-state index contributed by atoms with van der Waals surface area (Å²) in [5.74, 6) is 5.95. The van der Waals surface area contributed by atoms with E-state index in [9.17, 15) is 0 Å². The van der Waals surface area contributed by atoms with Crippen molar-refractivity contribution in [3.8, 4) is 33.7 Å². The number of aromatic nitrogens is 1. The zero-order valence-electron chi connectivity index (χ0n) is 11.1. The minimum Gasteiger partial charge on any atom is -0.236 e. The Kier molecular flexibility index (Phi) is 3.62. The molecule has 2 aromatic carbocycles. The van der Waals surface area contributed by atoms with Crippen LogP contribution < -0.4 is 0 Å². The predicted molar refractivity (Wildman–Crippen MR) is 85.5 cm³/mol. The van der Waals surface area contributed by atoms with Crippen molar-refractivity contribution in [2.24, 2.45) is 0 Å². The molecular weight excluding hydrogens is 262 g/mol. The molecule has 1 aromatic heterocycles. The smallest absolute Gasteiger partial charge is 0.124 e. The molecule has 0 bridgehead atoms. The lowest BCUT2D eigenvalue weighted by molar-refractivity contribution is 1.40. The fourth-order valence-electron chi connectivity index (χ4n) is 1.99. The fourth-order valence-corrected chi connectivity index (χ4v) is 2.82. The van der Waals surface area contributed by atoms with Gasteiger partial charge < -0.3 is 0 Å². The SMILES string of the molecule is CC#Cc1ccc(-c2csc(-c3ccccc3)n2)cc1. The Bertz CT molecular complexity index is 758. The van der Waals surface area contributed by atoms with Gasteiger partial charge in [-0.2, -0.15) is 0 Å².